The molecule has 1 saturated heterocycles. The number of aromatic amines is 3. The Kier molecular flexibility index (Phi) is 41.7. The largest absolute Gasteiger partial charge is 0.480 e. The number of H-pyrrole nitrogens is 3. The second-order valence-electron chi connectivity index (χ2n) is 33.3. The van der Waals surface area contributed by atoms with Crippen LogP contribution in [0.1, 0.15) is 110 Å². The molecule has 7 heterocycles. The molecule has 2 aromatic carbocycles. The maximum absolute atomic E-state index is 14.9. The normalized spacial score (nSPS) is 19.7. The van der Waals surface area contributed by atoms with E-state index in [4.69, 9.17) is 0 Å². The van der Waals surface area contributed by atoms with Gasteiger partial charge in [0.05, 0.1) is 82.2 Å². The number of anilines is 1. The summed E-state index contributed by atoms with van der Waals surface area (Å²) in [6.45, 7) is 2.05. The van der Waals surface area contributed by atoms with Crippen LogP contribution >= 0.6 is 0 Å². The molecule has 12 amide bonds. The van der Waals surface area contributed by atoms with E-state index in [1.165, 1.54) is 73.3 Å². The lowest BCUT2D eigenvalue weighted by atomic mass is 10.0. The highest BCUT2D eigenvalue weighted by molar-refractivity contribution is 6.00. The monoisotopic (exact) mass is 1940 g/mol. The Bertz CT molecular complexity index is 5420. The van der Waals surface area contributed by atoms with Gasteiger partial charge in [0.2, 0.25) is 65.0 Å². The second kappa shape index (κ2) is 53.9. The van der Waals surface area contributed by atoms with Gasteiger partial charge in [0.1, 0.15) is 66.2 Å². The maximum Gasteiger partial charge on any atom is 0.326 e. The number of aromatic nitrogens is 11. The van der Waals surface area contributed by atoms with Gasteiger partial charge in [0, 0.05) is 139 Å². The van der Waals surface area contributed by atoms with E-state index in [1.807, 2.05) is 0 Å². The van der Waals surface area contributed by atoms with E-state index in [0.29, 0.717) is 22.8 Å². The minimum atomic E-state index is -1.92. The molecule has 0 radical (unpaired) electrons. The van der Waals surface area contributed by atoms with Crippen LogP contribution in [0.2, 0.25) is 0 Å². The van der Waals surface area contributed by atoms with Crippen LogP contribution in [0.25, 0.3) is 11.2 Å². The molecule has 0 saturated carbocycles. The van der Waals surface area contributed by atoms with E-state index in [-0.39, 0.29) is 177 Å². The van der Waals surface area contributed by atoms with Crippen LogP contribution in [0.4, 0.5) is 5.69 Å². The average Bonchev–Trinajstić information content (AvgIpc) is 1.81. The van der Waals surface area contributed by atoms with Gasteiger partial charge >= 0.3 is 29.8 Å². The second-order valence-corrected chi connectivity index (χ2v) is 33.3. The number of carbonyl (C=O) groups excluding carboxylic acids is 12. The molecule has 1 fully saturated rings. The lowest BCUT2D eigenvalue weighted by Gasteiger charge is -2.32. The number of imidazole rings is 2. The SMILES string of the molecule is Cc1nc2ncc(CNc3ccc(C(=O)N[C@@H](CCC(=O)NC4Cc5cn(nn5)CCCC[C@H](C(=O)NCC(=O)N[C@H](Cc5ccccc5)C(=O)N[C@H](CCCCNC(=O)CN5CCN(CC(=O)O)CCN(CC(=O)O)CCN(CC(=O)O)CC5)C(=O)O)NC(=O)[C@H](C)NC(=O)[C@H]([C@@H](C)O)NC(=O)[C@H](Cc5cnc[nH]5)NC(=O)[C@H](CO)NC(=O)[C@H](Cc5cnc[nH]5)NC4=O)C(=O)O)cc3)nc2c(=O)[nH]1. The summed E-state index contributed by atoms with van der Waals surface area (Å²) in [4.78, 5) is 279. The molecule has 53 nitrogen and oxygen atoms in total. The molecular formula is C86H116N28O25. The summed E-state index contributed by atoms with van der Waals surface area (Å²) in [6, 6.07) is -2.72. The van der Waals surface area contributed by atoms with Gasteiger partial charge in [-0.1, -0.05) is 35.5 Å². The number of carboxylic acids is 5. The van der Waals surface area contributed by atoms with Gasteiger partial charge in [-0.25, -0.2) is 34.5 Å². The van der Waals surface area contributed by atoms with Gasteiger partial charge in [-0.2, -0.15) is 0 Å². The summed E-state index contributed by atoms with van der Waals surface area (Å²) in [5.74, 6) is -18.0. The number of nitrogens with zero attached hydrogens (tertiary/aromatic N) is 12. The first-order valence-electron chi connectivity index (χ1n) is 44.7. The number of hydrogen-bond donors (Lipinski definition) is 23. The van der Waals surface area contributed by atoms with Gasteiger partial charge in [0.25, 0.3) is 11.5 Å². The number of carboxylic acid groups (broad SMARTS) is 5. The fourth-order valence-electron chi connectivity index (χ4n) is 14.8. The smallest absolute Gasteiger partial charge is 0.326 e. The third kappa shape index (κ3) is 36.1. The number of fused-ring (bicyclic) bond motifs is 3. The van der Waals surface area contributed by atoms with Crippen molar-refractivity contribution in [3.05, 3.63) is 142 Å². The number of carbonyl (C=O) groups is 17. The zero-order valence-corrected chi connectivity index (χ0v) is 76.4. The van der Waals surface area contributed by atoms with Gasteiger partial charge < -0.3 is 120 Å². The van der Waals surface area contributed by atoms with Gasteiger partial charge in [-0.3, -0.25) is 101 Å². The fraction of sp³-hybridized carbons (Fsp3) is 0.500. The van der Waals surface area contributed by atoms with Crippen LogP contribution in [0.15, 0.2) is 96.8 Å². The van der Waals surface area contributed by atoms with Crippen molar-refractivity contribution in [3.63, 3.8) is 0 Å². The number of unbranched alkanes of at least 4 members (excludes halogenated alkanes) is 1. The van der Waals surface area contributed by atoms with Crippen molar-refractivity contribution in [2.24, 2.45) is 0 Å². The molecule has 750 valence electrons. The maximum atomic E-state index is 14.9. The Labute approximate surface area is 792 Å². The van der Waals surface area contributed by atoms with E-state index >= 15 is 0 Å². The number of rotatable bonds is 38. The summed E-state index contributed by atoms with van der Waals surface area (Å²) in [6.07, 6.45) is 3.54. The predicted molar refractivity (Wildman–Crippen MR) is 485 cm³/mol. The first-order valence-corrected chi connectivity index (χ1v) is 44.7. The predicted octanol–water partition coefficient (Wildman–Crippen LogP) is -7.49. The quantitative estimate of drug-likeness (QED) is 0.0160. The summed E-state index contributed by atoms with van der Waals surface area (Å²) >= 11 is 0. The molecule has 2 aliphatic heterocycles. The molecule has 9 rings (SSSR count). The van der Waals surface area contributed by atoms with E-state index in [1.54, 1.807) is 56.9 Å². The van der Waals surface area contributed by atoms with Crippen molar-refractivity contribution in [3.8, 4) is 0 Å². The van der Waals surface area contributed by atoms with E-state index < -0.39 is 218 Å². The molecule has 7 aromatic rings. The van der Waals surface area contributed by atoms with Crippen LogP contribution in [0, 0.1) is 6.92 Å². The highest BCUT2D eigenvalue weighted by atomic mass is 16.4. The Morgan fingerprint density at radius 2 is 1.14 bits per heavy atom. The Morgan fingerprint density at radius 3 is 1.72 bits per heavy atom. The minimum absolute atomic E-state index is 0.00447. The number of amides is 12. The topological polar surface area (TPSA) is 761 Å². The highest BCUT2D eigenvalue weighted by Crippen LogP contribution is 2.17. The van der Waals surface area contributed by atoms with Crippen LogP contribution in [0.5, 0.6) is 0 Å². The standard InChI is InChI=1S/C86H116N28O25/c1-48-75(126)101-58(77(128)92-39-67(118)100-61(31-51-11-5-4-6-12-51)78(129)103-59(85(136)137)14-7-9-21-89-68(119)41-110-23-25-111(42-69(120)121)27-29-113(44-71(124)125)30-28-112(26-24-110)43-70(122)123)13-8-10-22-114-40-56(108-109-114)34-62(99-66(117)20-19-60(86(138)139)102-76(127)52-15-17-53(18-16-52)90-37-57-38-91-74-73(98-57)84(135)97-50(3)96-74)79(130)104-63(32-54-35-87-46-93-54)80(131)106-65(45-115)82(133)105-64(33-55-36-88-47-94-55)81(132)107-72(49(2)116)83(134)95-48/h4-6,11-12,15-18,35-36,38,40,46-49,58-65,72,90,115-116H,7-10,13-14,19-34,37,39,41-45H2,1-3H3,(H,87,93)(H,88,94)(H,89,119)(H,92,128)(H,95,134)(H,99,117)(H,100,118)(H,101,126)(H,102,127)(H,103,129)(H,104,130)(H,105,133)(H,106,131)(H,107,132)(H,120,121)(H,122,123)(H,124,125)(H,136,137)(H,138,139)(H,91,96,97,135)/t48-,49+,58+,59+,60-,61+,62?,63-,64-,65-,72-/m0/s1. The summed E-state index contributed by atoms with van der Waals surface area (Å²) in [5.41, 5.74) is 1.58. The molecule has 5 aromatic heterocycles. The number of nitrogens with one attached hydrogen (secondary N) is 16. The zero-order chi connectivity index (χ0) is 101. The Balaban J connectivity index is 0.882. The molecule has 1 unspecified atom stereocenters. The first-order chi connectivity index (χ1) is 66.4. The van der Waals surface area contributed by atoms with Gasteiger partial charge in [-0.05, 0) is 95.5 Å². The number of hydrogen-bond acceptors (Lipinski definition) is 32. The molecule has 23 N–H and O–H groups in total. The van der Waals surface area contributed by atoms with E-state index in [9.17, 15) is 122 Å². The number of benzene rings is 2. The third-order valence-electron chi connectivity index (χ3n) is 22.3. The number of aliphatic hydroxyl groups is 2. The minimum Gasteiger partial charge on any atom is -0.480 e. The van der Waals surface area contributed by atoms with Crippen molar-refractivity contribution in [2.75, 3.05) is 104 Å². The molecule has 2 bridgehead atoms. The third-order valence-corrected chi connectivity index (χ3v) is 22.3. The van der Waals surface area contributed by atoms with Crippen LogP contribution in [0.3, 0.4) is 0 Å². The number of aliphatic hydroxyl groups excluding tert-OH is 2. The number of aliphatic carboxylic acids is 5. The van der Waals surface area contributed by atoms with Crippen molar-refractivity contribution in [1.82, 2.24) is 138 Å². The van der Waals surface area contributed by atoms with Crippen LogP contribution in [-0.4, -0.2) is 376 Å². The molecule has 139 heavy (non-hydrogen) atoms. The van der Waals surface area contributed by atoms with Crippen molar-refractivity contribution in [2.45, 2.75) is 177 Å². The first kappa shape index (κ1) is 107. The van der Waals surface area contributed by atoms with E-state index in [0.717, 1.165) is 6.92 Å². The molecule has 2 aliphatic rings. The molecule has 11 atom stereocenters. The average molecular weight is 1940 g/mol. The highest BCUT2D eigenvalue weighted by Gasteiger charge is 2.38. The van der Waals surface area contributed by atoms with Crippen LogP contribution in [-0.2, 0) is 115 Å². The molecular weight excluding hydrogens is 1830 g/mol. The van der Waals surface area contributed by atoms with Gasteiger partial charge in [-0.15, -0.1) is 5.10 Å². The number of aryl methyl sites for hydroxylation is 2. The fourth-order valence-corrected chi connectivity index (χ4v) is 14.8. The Hall–Kier alpha value is -15.2. The van der Waals surface area contributed by atoms with Gasteiger partial charge in [0.15, 0.2) is 11.2 Å². The van der Waals surface area contributed by atoms with Crippen molar-refractivity contribution in [1.29, 1.82) is 0 Å². The lowest BCUT2D eigenvalue weighted by Crippen LogP contribution is -2.62. The molecule has 0 aliphatic carbocycles. The molecule has 53 heteroatoms. The lowest BCUT2D eigenvalue weighted by molar-refractivity contribution is -0.142. The Morgan fingerprint density at radius 1 is 0.568 bits per heavy atom. The summed E-state index contributed by atoms with van der Waals surface area (Å²) in [7, 11) is 0. The van der Waals surface area contributed by atoms with E-state index in [2.05, 4.69) is 119 Å². The summed E-state index contributed by atoms with van der Waals surface area (Å²) in [5, 5.41) is 113. The van der Waals surface area contributed by atoms with Crippen molar-refractivity contribution < 1.29 is 117 Å². The summed E-state index contributed by atoms with van der Waals surface area (Å²) < 4.78 is 1.32. The zero-order valence-electron chi connectivity index (χ0n) is 76.4. The van der Waals surface area contributed by atoms with Crippen molar-refractivity contribution >= 4 is 118 Å². The van der Waals surface area contributed by atoms with Crippen LogP contribution < -0.4 is 74.7 Å². The molecule has 0 spiro atoms.